The number of hydrogen-bond acceptors (Lipinski definition) is 3. The van der Waals surface area contributed by atoms with Crippen LogP contribution in [0.3, 0.4) is 0 Å². The van der Waals surface area contributed by atoms with Crippen LogP contribution in [0.5, 0.6) is 0 Å². The number of anilines is 1. The Morgan fingerprint density at radius 2 is 1.23 bits per heavy atom. The third-order valence-corrected chi connectivity index (χ3v) is 5.04. The molecule has 1 amide bonds. The average molecular weight is 353 g/mol. The van der Waals surface area contributed by atoms with Gasteiger partial charge in [-0.25, -0.2) is 4.79 Å². The van der Waals surface area contributed by atoms with E-state index in [-0.39, 0.29) is 12.5 Å². The molecule has 0 bridgehead atoms. The lowest BCUT2D eigenvalue weighted by molar-refractivity contribution is -0.119. The number of esters is 1. The van der Waals surface area contributed by atoms with Crippen molar-refractivity contribution in [2.45, 2.75) is 48.5 Å². The SMILES string of the molecule is Cc1cc(C)cc(NC(=O)COC(=O)c2c(C)c(C)c(C)c(C)c2C)c1. The second kappa shape index (κ2) is 7.73. The smallest absolute Gasteiger partial charge is 0.339 e. The summed E-state index contributed by atoms with van der Waals surface area (Å²) in [5, 5.41) is 2.78. The van der Waals surface area contributed by atoms with Gasteiger partial charge in [0.1, 0.15) is 0 Å². The number of amides is 1. The van der Waals surface area contributed by atoms with Crippen molar-refractivity contribution in [2.75, 3.05) is 11.9 Å². The van der Waals surface area contributed by atoms with Gasteiger partial charge in [-0.1, -0.05) is 6.07 Å². The summed E-state index contributed by atoms with van der Waals surface area (Å²) in [5.41, 5.74) is 8.56. The monoisotopic (exact) mass is 353 g/mol. The van der Waals surface area contributed by atoms with Crippen molar-refractivity contribution in [3.63, 3.8) is 0 Å². The lowest BCUT2D eigenvalue weighted by Crippen LogP contribution is -2.22. The first-order valence-corrected chi connectivity index (χ1v) is 8.74. The Morgan fingerprint density at radius 3 is 1.73 bits per heavy atom. The predicted molar refractivity (Wildman–Crippen MR) is 105 cm³/mol. The number of aryl methyl sites for hydroxylation is 2. The first kappa shape index (κ1) is 19.7. The molecule has 0 saturated carbocycles. The Kier molecular flexibility index (Phi) is 5.86. The molecule has 0 fully saturated rings. The highest BCUT2D eigenvalue weighted by Crippen LogP contribution is 2.26. The van der Waals surface area contributed by atoms with E-state index in [1.807, 2.05) is 59.7 Å². The van der Waals surface area contributed by atoms with Crippen LogP contribution in [0.15, 0.2) is 18.2 Å². The third kappa shape index (κ3) is 4.13. The van der Waals surface area contributed by atoms with Gasteiger partial charge in [-0.15, -0.1) is 0 Å². The summed E-state index contributed by atoms with van der Waals surface area (Å²) in [6.45, 7) is 13.5. The van der Waals surface area contributed by atoms with Gasteiger partial charge in [0, 0.05) is 5.69 Å². The minimum atomic E-state index is -0.457. The topological polar surface area (TPSA) is 55.4 Å². The van der Waals surface area contributed by atoms with Crippen LogP contribution in [0.25, 0.3) is 0 Å². The molecule has 0 saturated heterocycles. The number of hydrogen-bond donors (Lipinski definition) is 1. The van der Waals surface area contributed by atoms with Gasteiger partial charge in [-0.3, -0.25) is 4.79 Å². The highest BCUT2D eigenvalue weighted by molar-refractivity contribution is 5.97. The molecule has 0 aliphatic heterocycles. The molecule has 4 heteroatoms. The van der Waals surface area contributed by atoms with Crippen LogP contribution >= 0.6 is 0 Å². The van der Waals surface area contributed by atoms with E-state index in [9.17, 15) is 9.59 Å². The summed E-state index contributed by atoms with van der Waals surface area (Å²) in [5.74, 6) is -0.805. The summed E-state index contributed by atoms with van der Waals surface area (Å²) < 4.78 is 5.28. The van der Waals surface area contributed by atoms with Gasteiger partial charge in [0.25, 0.3) is 5.91 Å². The molecule has 2 aromatic carbocycles. The van der Waals surface area contributed by atoms with Crippen LogP contribution < -0.4 is 5.32 Å². The maximum absolute atomic E-state index is 12.6. The second-order valence-corrected chi connectivity index (χ2v) is 7.00. The summed E-state index contributed by atoms with van der Waals surface area (Å²) in [4.78, 5) is 24.7. The number of carbonyl (C=O) groups is 2. The van der Waals surface area contributed by atoms with E-state index in [0.717, 1.165) is 33.4 Å². The van der Waals surface area contributed by atoms with E-state index in [2.05, 4.69) is 12.2 Å². The van der Waals surface area contributed by atoms with Gasteiger partial charge < -0.3 is 10.1 Å². The Labute approximate surface area is 155 Å². The molecule has 2 rings (SSSR count). The fourth-order valence-electron chi connectivity index (χ4n) is 3.25. The number of benzene rings is 2. The molecule has 4 nitrogen and oxygen atoms in total. The number of carbonyl (C=O) groups excluding carboxylic acids is 2. The van der Waals surface area contributed by atoms with Crippen molar-refractivity contribution in [3.05, 3.63) is 62.7 Å². The van der Waals surface area contributed by atoms with Gasteiger partial charge in [-0.05, 0) is 99.5 Å². The van der Waals surface area contributed by atoms with E-state index < -0.39 is 5.97 Å². The fraction of sp³-hybridized carbons (Fsp3) is 0.364. The maximum Gasteiger partial charge on any atom is 0.339 e. The van der Waals surface area contributed by atoms with Gasteiger partial charge in [0.2, 0.25) is 0 Å². The number of ether oxygens (including phenoxy) is 1. The lowest BCUT2D eigenvalue weighted by Gasteiger charge is -2.17. The van der Waals surface area contributed by atoms with Crippen LogP contribution in [0, 0.1) is 48.5 Å². The van der Waals surface area contributed by atoms with E-state index in [0.29, 0.717) is 11.3 Å². The largest absolute Gasteiger partial charge is 0.452 e. The van der Waals surface area contributed by atoms with Crippen LogP contribution in [-0.4, -0.2) is 18.5 Å². The van der Waals surface area contributed by atoms with Gasteiger partial charge in [0.05, 0.1) is 5.56 Å². The van der Waals surface area contributed by atoms with Crippen molar-refractivity contribution in [2.24, 2.45) is 0 Å². The zero-order valence-corrected chi connectivity index (χ0v) is 16.7. The zero-order valence-electron chi connectivity index (χ0n) is 16.7. The number of nitrogens with one attached hydrogen (secondary N) is 1. The molecule has 0 spiro atoms. The van der Waals surface area contributed by atoms with Crippen LogP contribution in [0.4, 0.5) is 5.69 Å². The molecule has 0 radical (unpaired) electrons. The van der Waals surface area contributed by atoms with E-state index in [1.54, 1.807) is 0 Å². The molecule has 0 aliphatic carbocycles. The Bertz CT molecular complexity index is 832. The third-order valence-electron chi connectivity index (χ3n) is 5.04. The van der Waals surface area contributed by atoms with Crippen LogP contribution in [0.1, 0.15) is 49.3 Å². The second-order valence-electron chi connectivity index (χ2n) is 7.00. The van der Waals surface area contributed by atoms with Crippen molar-refractivity contribution in [1.82, 2.24) is 0 Å². The Balaban J connectivity index is 2.10. The molecule has 0 heterocycles. The quantitative estimate of drug-likeness (QED) is 0.815. The van der Waals surface area contributed by atoms with Gasteiger partial charge in [0.15, 0.2) is 6.61 Å². The highest BCUT2D eigenvalue weighted by Gasteiger charge is 2.20. The molecule has 26 heavy (non-hydrogen) atoms. The van der Waals surface area contributed by atoms with Crippen LogP contribution in [0.2, 0.25) is 0 Å². The lowest BCUT2D eigenvalue weighted by atomic mass is 9.90. The standard InChI is InChI=1S/C22H27NO3/c1-12-8-13(2)10-19(9-12)23-20(24)11-26-22(25)21-17(6)15(4)14(3)16(5)18(21)7/h8-10H,11H2,1-7H3,(H,23,24). The molecule has 2 aromatic rings. The zero-order chi connectivity index (χ0) is 19.6. The summed E-state index contributed by atoms with van der Waals surface area (Å²) >= 11 is 0. The molecule has 138 valence electrons. The van der Waals surface area contributed by atoms with Crippen LogP contribution in [-0.2, 0) is 9.53 Å². The molecule has 1 N–H and O–H groups in total. The molecular formula is C22H27NO3. The van der Waals surface area contributed by atoms with Gasteiger partial charge >= 0.3 is 5.97 Å². The summed E-state index contributed by atoms with van der Waals surface area (Å²) in [6.07, 6.45) is 0. The summed E-state index contributed by atoms with van der Waals surface area (Å²) in [6, 6.07) is 5.80. The highest BCUT2D eigenvalue weighted by atomic mass is 16.5. The number of rotatable bonds is 4. The molecule has 0 aromatic heterocycles. The first-order chi connectivity index (χ1) is 12.1. The van der Waals surface area contributed by atoms with Gasteiger partial charge in [-0.2, -0.15) is 0 Å². The van der Waals surface area contributed by atoms with E-state index >= 15 is 0 Å². The minimum Gasteiger partial charge on any atom is -0.452 e. The summed E-state index contributed by atoms with van der Waals surface area (Å²) in [7, 11) is 0. The molecule has 0 atom stereocenters. The average Bonchev–Trinajstić information content (AvgIpc) is 2.55. The molecule has 0 aliphatic rings. The van der Waals surface area contributed by atoms with Crippen molar-refractivity contribution >= 4 is 17.6 Å². The minimum absolute atomic E-state index is 0.309. The normalized spacial score (nSPS) is 10.6. The predicted octanol–water partition coefficient (Wildman–Crippen LogP) is 4.64. The Morgan fingerprint density at radius 1 is 0.769 bits per heavy atom. The molecule has 0 unspecified atom stereocenters. The van der Waals surface area contributed by atoms with Crippen molar-refractivity contribution in [1.29, 1.82) is 0 Å². The van der Waals surface area contributed by atoms with Crippen molar-refractivity contribution < 1.29 is 14.3 Å². The Hall–Kier alpha value is -2.62. The first-order valence-electron chi connectivity index (χ1n) is 8.74. The maximum atomic E-state index is 12.6. The van der Waals surface area contributed by atoms with E-state index in [1.165, 1.54) is 5.56 Å². The van der Waals surface area contributed by atoms with Crippen molar-refractivity contribution in [3.8, 4) is 0 Å². The fourth-order valence-corrected chi connectivity index (χ4v) is 3.25. The molecular weight excluding hydrogens is 326 g/mol. The van der Waals surface area contributed by atoms with E-state index in [4.69, 9.17) is 4.74 Å².